The van der Waals surface area contributed by atoms with E-state index in [2.05, 4.69) is 15.4 Å². The minimum absolute atomic E-state index is 0.0113. The van der Waals surface area contributed by atoms with Gasteiger partial charge in [0.25, 0.3) is 15.9 Å². The van der Waals surface area contributed by atoms with Crippen LogP contribution in [0.3, 0.4) is 0 Å². The van der Waals surface area contributed by atoms with Crippen molar-refractivity contribution in [3.05, 3.63) is 59.4 Å². The van der Waals surface area contributed by atoms with Crippen molar-refractivity contribution in [1.29, 1.82) is 0 Å². The fourth-order valence-electron chi connectivity index (χ4n) is 8.63. The van der Waals surface area contributed by atoms with Gasteiger partial charge in [0.05, 0.1) is 25.1 Å². The molecule has 5 aliphatic rings. The van der Waals surface area contributed by atoms with Crippen LogP contribution in [0.25, 0.3) is 0 Å². The lowest BCUT2D eigenvalue weighted by molar-refractivity contribution is -0.141. The molecule has 0 spiro atoms. The zero-order valence-corrected chi connectivity index (χ0v) is 33.4. The summed E-state index contributed by atoms with van der Waals surface area (Å²) in [7, 11) is -2.91. The number of fused-ring (bicyclic) bond motifs is 5. The lowest BCUT2D eigenvalue weighted by Crippen LogP contribution is -2.58. The summed E-state index contributed by atoms with van der Waals surface area (Å²) in [5.41, 5.74) is -1.39. The van der Waals surface area contributed by atoms with Crippen LogP contribution in [0.1, 0.15) is 83.3 Å². The number of carbonyl (C=O) groups excluding carboxylic acids is 5. The second kappa shape index (κ2) is 15.4. The van der Waals surface area contributed by atoms with Crippen molar-refractivity contribution in [3.63, 3.8) is 0 Å². The number of nitrogens with one attached hydrogen (secondary N) is 3. The van der Waals surface area contributed by atoms with Crippen molar-refractivity contribution in [2.45, 2.75) is 119 Å². The van der Waals surface area contributed by atoms with Gasteiger partial charge in [-0.2, -0.15) is 0 Å². The van der Waals surface area contributed by atoms with E-state index in [1.165, 1.54) is 47.2 Å². The van der Waals surface area contributed by atoms with Gasteiger partial charge in [0, 0.05) is 18.5 Å². The Hall–Kier alpha value is -4.93. The topological polar surface area (TPSA) is 190 Å². The molecule has 57 heavy (non-hydrogen) atoms. The number of benzene rings is 2. The Bertz CT molecular complexity index is 2040. The molecule has 2 aromatic carbocycles. The van der Waals surface area contributed by atoms with E-state index >= 15 is 0 Å². The number of hydrogen-bond donors (Lipinski definition) is 3. The highest BCUT2D eigenvalue weighted by molar-refractivity contribution is 7.90. The fourth-order valence-corrected chi connectivity index (χ4v) is 9.67. The van der Waals surface area contributed by atoms with E-state index < -0.39 is 75.1 Å². The average molecular weight is 812 g/mol. The molecule has 17 heteroatoms. The summed E-state index contributed by atoms with van der Waals surface area (Å²) >= 11 is 0. The normalized spacial score (nSPS) is 28.6. The monoisotopic (exact) mass is 811 g/mol. The maximum Gasteiger partial charge on any atom is 0.410 e. The number of carbonyl (C=O) groups is 5. The van der Waals surface area contributed by atoms with E-state index in [1.54, 1.807) is 32.9 Å². The van der Waals surface area contributed by atoms with E-state index in [-0.39, 0.29) is 55.6 Å². The van der Waals surface area contributed by atoms with Crippen LogP contribution in [0, 0.1) is 23.6 Å². The Morgan fingerprint density at radius 3 is 2.42 bits per heavy atom. The summed E-state index contributed by atoms with van der Waals surface area (Å²) < 4.78 is 60.0. The van der Waals surface area contributed by atoms with Crippen molar-refractivity contribution < 1.29 is 51.0 Å². The van der Waals surface area contributed by atoms with Crippen LogP contribution in [0.4, 0.5) is 14.0 Å². The van der Waals surface area contributed by atoms with Gasteiger partial charge in [-0.3, -0.25) is 19.3 Å². The standard InChI is InChI=1S/C40H50FN5O10S/c1-39(2,3)56-37(50)42-32-12-7-5-6-9-23-17-28(23)30-19-40(30,36(49)44-57(52,53)27-15-13-25(54-4)14-16-27)43-34(47)33-18-26(21-46(33)35(32)48)55-38(51)45-20-24-10-8-11-31(41)29(24)22-45/h8,10-11,13-16,23,26,28,30,32-33H,5-7,9,12,17-22H2,1-4H3,(H,42,50)(H,43,47)(H,44,49)/t23?,26-,28?,30-,32+,33+,40-/m1/s1. The molecule has 3 aliphatic heterocycles. The number of amides is 5. The summed E-state index contributed by atoms with van der Waals surface area (Å²) in [5.74, 6) is -2.16. The maximum atomic E-state index is 14.5. The van der Waals surface area contributed by atoms with Gasteiger partial charge in [0.1, 0.15) is 40.9 Å². The van der Waals surface area contributed by atoms with E-state index in [4.69, 9.17) is 14.2 Å². The molecule has 2 unspecified atom stereocenters. The molecule has 2 aliphatic carbocycles. The number of sulfonamides is 1. The summed E-state index contributed by atoms with van der Waals surface area (Å²) in [5, 5.41) is 5.57. The van der Waals surface area contributed by atoms with Gasteiger partial charge in [0.15, 0.2) is 0 Å². The maximum absolute atomic E-state index is 14.5. The van der Waals surface area contributed by atoms with Crippen LogP contribution in [-0.2, 0) is 47.0 Å². The molecule has 3 heterocycles. The molecule has 0 radical (unpaired) electrons. The van der Waals surface area contributed by atoms with Gasteiger partial charge in [-0.25, -0.2) is 27.1 Å². The van der Waals surface area contributed by atoms with Gasteiger partial charge in [-0.05, 0) is 93.7 Å². The second-order valence-corrected chi connectivity index (χ2v) is 18.5. The number of hydrogen-bond acceptors (Lipinski definition) is 10. The minimum atomic E-state index is -4.35. The first-order valence-electron chi connectivity index (χ1n) is 19.5. The van der Waals surface area contributed by atoms with Crippen molar-refractivity contribution >= 4 is 39.9 Å². The van der Waals surface area contributed by atoms with Crippen molar-refractivity contribution in [2.75, 3.05) is 13.7 Å². The minimum Gasteiger partial charge on any atom is -0.497 e. The summed E-state index contributed by atoms with van der Waals surface area (Å²) in [4.78, 5) is 71.9. The molecular weight excluding hydrogens is 762 g/mol. The third kappa shape index (κ3) is 8.67. The Kier molecular flexibility index (Phi) is 10.9. The first kappa shape index (κ1) is 40.3. The van der Waals surface area contributed by atoms with Crippen LogP contribution >= 0.6 is 0 Å². The number of alkyl carbamates (subject to hydrolysis) is 1. The third-order valence-electron chi connectivity index (χ3n) is 11.7. The van der Waals surface area contributed by atoms with E-state index in [9.17, 15) is 36.8 Å². The zero-order chi connectivity index (χ0) is 40.9. The molecule has 7 atom stereocenters. The molecule has 2 saturated carbocycles. The highest BCUT2D eigenvalue weighted by Gasteiger charge is 2.68. The van der Waals surface area contributed by atoms with Crippen LogP contribution in [0.15, 0.2) is 47.4 Å². The Balaban J connectivity index is 1.15. The van der Waals surface area contributed by atoms with Crippen LogP contribution in [-0.4, -0.2) is 91.1 Å². The Labute approximate surface area is 331 Å². The van der Waals surface area contributed by atoms with E-state index in [0.29, 0.717) is 29.2 Å². The van der Waals surface area contributed by atoms with Gasteiger partial charge in [-0.1, -0.05) is 37.8 Å². The molecule has 15 nitrogen and oxygen atoms in total. The first-order chi connectivity index (χ1) is 27.0. The molecule has 2 saturated heterocycles. The molecule has 2 aromatic rings. The lowest BCUT2D eigenvalue weighted by atomic mass is 10.0. The van der Waals surface area contributed by atoms with Crippen molar-refractivity contribution in [3.8, 4) is 5.75 Å². The highest BCUT2D eigenvalue weighted by atomic mass is 32.2. The Morgan fingerprint density at radius 1 is 0.982 bits per heavy atom. The fraction of sp³-hybridized carbons (Fsp3) is 0.575. The number of rotatable bonds is 6. The summed E-state index contributed by atoms with van der Waals surface area (Å²) in [6.45, 7) is 4.99. The van der Waals surface area contributed by atoms with Crippen LogP contribution in [0.5, 0.6) is 5.75 Å². The first-order valence-corrected chi connectivity index (χ1v) is 21.0. The van der Waals surface area contributed by atoms with Gasteiger partial charge < -0.3 is 29.7 Å². The largest absolute Gasteiger partial charge is 0.497 e. The molecular formula is C40H50FN5O10S. The second-order valence-electron chi connectivity index (χ2n) is 16.9. The molecule has 308 valence electrons. The van der Waals surface area contributed by atoms with Gasteiger partial charge >= 0.3 is 12.2 Å². The molecule has 5 amide bonds. The predicted molar refractivity (Wildman–Crippen MR) is 201 cm³/mol. The SMILES string of the molecule is COc1ccc(S(=O)(=O)NC(=O)[C@@]23C[C@@H]2C2CC2CCCCC[C@H](NC(=O)OC(C)(C)C)C(=O)N2C[C@H](OC(=O)N4Cc5cccc(F)c5C4)C[C@H]2C(=O)N3)cc1. The average Bonchev–Trinajstić information content (AvgIpc) is 3.96. The molecule has 3 N–H and O–H groups in total. The Morgan fingerprint density at radius 2 is 1.72 bits per heavy atom. The molecule has 0 bridgehead atoms. The van der Waals surface area contributed by atoms with Crippen LogP contribution < -0.4 is 20.1 Å². The predicted octanol–water partition coefficient (Wildman–Crippen LogP) is 4.13. The third-order valence-corrected chi connectivity index (χ3v) is 13.1. The van der Waals surface area contributed by atoms with E-state index in [0.717, 1.165) is 25.7 Å². The molecule has 7 rings (SSSR count). The number of ether oxygens (including phenoxy) is 3. The van der Waals surface area contributed by atoms with Crippen molar-refractivity contribution in [2.24, 2.45) is 17.8 Å². The molecule has 0 aromatic heterocycles. The quantitative estimate of drug-likeness (QED) is 0.383. The summed E-state index contributed by atoms with van der Waals surface area (Å²) in [6.07, 6.45) is 1.69. The van der Waals surface area contributed by atoms with Crippen molar-refractivity contribution in [1.82, 2.24) is 25.2 Å². The van der Waals surface area contributed by atoms with Crippen LogP contribution in [0.2, 0.25) is 0 Å². The smallest absolute Gasteiger partial charge is 0.410 e. The molecule has 4 fully saturated rings. The highest BCUT2D eigenvalue weighted by Crippen LogP contribution is 2.61. The number of halogens is 1. The van der Waals surface area contributed by atoms with Gasteiger partial charge in [-0.15, -0.1) is 0 Å². The van der Waals surface area contributed by atoms with E-state index in [1.807, 2.05) is 0 Å². The number of nitrogens with zero attached hydrogens (tertiary/aromatic N) is 2. The number of methoxy groups -OCH3 is 1. The summed E-state index contributed by atoms with van der Waals surface area (Å²) in [6, 6.07) is 7.80. The zero-order valence-electron chi connectivity index (χ0n) is 32.5. The van der Waals surface area contributed by atoms with Gasteiger partial charge in [0.2, 0.25) is 11.8 Å². The lowest BCUT2D eigenvalue weighted by Gasteiger charge is -2.30.